The summed E-state index contributed by atoms with van der Waals surface area (Å²) in [4.78, 5) is 15.7. The molecule has 1 aromatic rings. The summed E-state index contributed by atoms with van der Waals surface area (Å²) in [5.74, 6) is 0.0494. The maximum absolute atomic E-state index is 11.3. The average Bonchev–Trinajstić information content (AvgIpc) is 2.29. The Hall–Kier alpha value is -1.42. The van der Waals surface area contributed by atoms with Crippen LogP contribution < -0.4 is 10.6 Å². The zero-order valence-electron chi connectivity index (χ0n) is 10.1. The summed E-state index contributed by atoms with van der Waals surface area (Å²) in [7, 11) is 1.89. The molecule has 0 saturated heterocycles. The first-order chi connectivity index (χ1) is 7.67. The third-order valence-electron chi connectivity index (χ3n) is 2.33. The number of amides is 1. The van der Waals surface area contributed by atoms with Crippen molar-refractivity contribution in [1.29, 1.82) is 0 Å². The average molecular weight is 221 g/mol. The molecule has 0 radical (unpaired) electrons. The lowest BCUT2D eigenvalue weighted by molar-refractivity contribution is -0.121. The van der Waals surface area contributed by atoms with Gasteiger partial charge in [0.15, 0.2) is 0 Å². The molecule has 0 aliphatic rings. The first-order valence-electron chi connectivity index (χ1n) is 5.57. The van der Waals surface area contributed by atoms with E-state index in [-0.39, 0.29) is 11.9 Å². The lowest BCUT2D eigenvalue weighted by Crippen LogP contribution is -2.26. The van der Waals surface area contributed by atoms with Crippen LogP contribution >= 0.6 is 0 Å². The molecule has 0 bridgehead atoms. The van der Waals surface area contributed by atoms with Crippen LogP contribution in [0, 0.1) is 0 Å². The van der Waals surface area contributed by atoms with Crippen molar-refractivity contribution < 1.29 is 4.79 Å². The minimum absolute atomic E-state index is 0.0377. The molecule has 1 heterocycles. The molecule has 0 aliphatic carbocycles. The summed E-state index contributed by atoms with van der Waals surface area (Å²) in [6.45, 7) is 4.52. The van der Waals surface area contributed by atoms with Gasteiger partial charge in [-0.2, -0.15) is 0 Å². The molecule has 0 unspecified atom stereocenters. The Labute approximate surface area is 96.5 Å². The van der Waals surface area contributed by atoms with E-state index in [2.05, 4.69) is 15.6 Å². The second-order valence-electron chi connectivity index (χ2n) is 3.73. The fraction of sp³-hybridized carbons (Fsp3) is 0.500. The van der Waals surface area contributed by atoms with Gasteiger partial charge in [-0.05, 0) is 26.1 Å². The van der Waals surface area contributed by atoms with Gasteiger partial charge in [0.2, 0.25) is 5.91 Å². The van der Waals surface area contributed by atoms with E-state index in [0.29, 0.717) is 6.42 Å². The standard InChI is InChI=1S/C12H19N3O/c1-4-12(16)14-9(2)11-7-5-6-10(15-11)8-13-3/h5-7,9,13H,4,8H2,1-3H3,(H,14,16)/t9-/m1/s1. The predicted molar refractivity (Wildman–Crippen MR) is 63.8 cm³/mol. The maximum Gasteiger partial charge on any atom is 0.220 e. The quantitative estimate of drug-likeness (QED) is 0.790. The van der Waals surface area contributed by atoms with Crippen LogP contribution in [0.15, 0.2) is 18.2 Å². The lowest BCUT2D eigenvalue weighted by atomic mass is 10.2. The number of nitrogens with zero attached hydrogens (tertiary/aromatic N) is 1. The summed E-state index contributed by atoms with van der Waals surface area (Å²) in [5.41, 5.74) is 1.88. The van der Waals surface area contributed by atoms with E-state index in [1.807, 2.05) is 39.1 Å². The molecule has 0 saturated carbocycles. The van der Waals surface area contributed by atoms with E-state index in [0.717, 1.165) is 17.9 Å². The Balaban J connectivity index is 2.71. The third-order valence-corrected chi connectivity index (χ3v) is 2.33. The van der Waals surface area contributed by atoms with Crippen LogP contribution in [-0.4, -0.2) is 17.9 Å². The molecule has 1 rings (SSSR count). The molecule has 1 aromatic heterocycles. The molecule has 16 heavy (non-hydrogen) atoms. The number of carbonyl (C=O) groups excluding carboxylic acids is 1. The van der Waals surface area contributed by atoms with Crippen LogP contribution in [0.2, 0.25) is 0 Å². The lowest BCUT2D eigenvalue weighted by Gasteiger charge is -2.13. The molecule has 1 atom stereocenters. The summed E-state index contributed by atoms with van der Waals surface area (Å²) in [6.07, 6.45) is 0.501. The van der Waals surface area contributed by atoms with E-state index in [9.17, 15) is 4.79 Å². The highest BCUT2D eigenvalue weighted by Gasteiger charge is 2.09. The fourth-order valence-corrected chi connectivity index (χ4v) is 1.44. The van der Waals surface area contributed by atoms with Crippen molar-refractivity contribution in [3.63, 3.8) is 0 Å². The number of hydrogen-bond donors (Lipinski definition) is 2. The molecule has 88 valence electrons. The van der Waals surface area contributed by atoms with Crippen LogP contribution in [0.1, 0.15) is 37.7 Å². The molecular formula is C12H19N3O. The van der Waals surface area contributed by atoms with Gasteiger partial charge in [0, 0.05) is 13.0 Å². The smallest absolute Gasteiger partial charge is 0.220 e. The minimum Gasteiger partial charge on any atom is -0.348 e. The number of hydrogen-bond acceptors (Lipinski definition) is 3. The van der Waals surface area contributed by atoms with Crippen molar-refractivity contribution in [1.82, 2.24) is 15.6 Å². The summed E-state index contributed by atoms with van der Waals surface area (Å²) >= 11 is 0. The Morgan fingerprint density at radius 1 is 1.50 bits per heavy atom. The fourth-order valence-electron chi connectivity index (χ4n) is 1.44. The zero-order valence-corrected chi connectivity index (χ0v) is 10.1. The van der Waals surface area contributed by atoms with Gasteiger partial charge in [0.25, 0.3) is 0 Å². The zero-order chi connectivity index (χ0) is 12.0. The van der Waals surface area contributed by atoms with Crippen LogP contribution in [0.4, 0.5) is 0 Å². The van der Waals surface area contributed by atoms with Crippen LogP contribution in [0.3, 0.4) is 0 Å². The monoisotopic (exact) mass is 221 g/mol. The van der Waals surface area contributed by atoms with E-state index in [1.165, 1.54) is 0 Å². The van der Waals surface area contributed by atoms with Gasteiger partial charge in [-0.25, -0.2) is 0 Å². The van der Waals surface area contributed by atoms with Crippen LogP contribution in [0.25, 0.3) is 0 Å². The SMILES string of the molecule is CCC(=O)N[C@H](C)c1cccc(CNC)n1. The normalized spacial score (nSPS) is 12.2. The Kier molecular flexibility index (Phi) is 4.92. The Morgan fingerprint density at radius 3 is 2.88 bits per heavy atom. The summed E-state index contributed by atoms with van der Waals surface area (Å²) in [6, 6.07) is 5.82. The van der Waals surface area contributed by atoms with Crippen molar-refractivity contribution >= 4 is 5.91 Å². The summed E-state index contributed by atoms with van der Waals surface area (Å²) < 4.78 is 0. The van der Waals surface area contributed by atoms with Gasteiger partial charge in [-0.3, -0.25) is 9.78 Å². The first kappa shape index (κ1) is 12.6. The highest BCUT2D eigenvalue weighted by Crippen LogP contribution is 2.10. The molecule has 0 spiro atoms. The van der Waals surface area contributed by atoms with Crippen LogP contribution in [-0.2, 0) is 11.3 Å². The van der Waals surface area contributed by atoms with Gasteiger partial charge in [-0.1, -0.05) is 13.0 Å². The predicted octanol–water partition coefficient (Wildman–Crippen LogP) is 1.39. The van der Waals surface area contributed by atoms with Crippen molar-refractivity contribution in [2.24, 2.45) is 0 Å². The number of carbonyl (C=O) groups is 1. The molecule has 4 nitrogen and oxygen atoms in total. The van der Waals surface area contributed by atoms with Gasteiger partial charge < -0.3 is 10.6 Å². The molecule has 1 amide bonds. The molecule has 0 fully saturated rings. The molecule has 2 N–H and O–H groups in total. The highest BCUT2D eigenvalue weighted by atomic mass is 16.1. The molecule has 4 heteroatoms. The number of aromatic nitrogens is 1. The van der Waals surface area contributed by atoms with E-state index in [4.69, 9.17) is 0 Å². The van der Waals surface area contributed by atoms with Gasteiger partial charge >= 0.3 is 0 Å². The Bertz CT molecular complexity index is 352. The number of pyridine rings is 1. The maximum atomic E-state index is 11.3. The highest BCUT2D eigenvalue weighted by molar-refractivity contribution is 5.75. The number of nitrogens with one attached hydrogen (secondary N) is 2. The van der Waals surface area contributed by atoms with Crippen molar-refractivity contribution in [3.8, 4) is 0 Å². The van der Waals surface area contributed by atoms with Crippen molar-refractivity contribution in [2.75, 3.05) is 7.05 Å². The molecule has 0 aromatic carbocycles. The topological polar surface area (TPSA) is 54.0 Å². The largest absolute Gasteiger partial charge is 0.348 e. The van der Waals surface area contributed by atoms with Gasteiger partial charge in [-0.15, -0.1) is 0 Å². The second-order valence-corrected chi connectivity index (χ2v) is 3.73. The van der Waals surface area contributed by atoms with E-state index in [1.54, 1.807) is 0 Å². The van der Waals surface area contributed by atoms with Gasteiger partial charge in [0.05, 0.1) is 17.4 Å². The van der Waals surface area contributed by atoms with Crippen molar-refractivity contribution in [2.45, 2.75) is 32.9 Å². The second kappa shape index (κ2) is 6.23. The Morgan fingerprint density at radius 2 is 2.25 bits per heavy atom. The van der Waals surface area contributed by atoms with E-state index >= 15 is 0 Å². The van der Waals surface area contributed by atoms with Crippen molar-refractivity contribution in [3.05, 3.63) is 29.6 Å². The molecular weight excluding hydrogens is 202 g/mol. The van der Waals surface area contributed by atoms with Gasteiger partial charge in [0.1, 0.15) is 0 Å². The van der Waals surface area contributed by atoms with E-state index < -0.39 is 0 Å². The third kappa shape index (κ3) is 3.62. The molecule has 0 aliphatic heterocycles. The first-order valence-corrected chi connectivity index (χ1v) is 5.57. The number of rotatable bonds is 5. The minimum atomic E-state index is -0.0377. The van der Waals surface area contributed by atoms with Crippen LogP contribution in [0.5, 0.6) is 0 Å². The summed E-state index contributed by atoms with van der Waals surface area (Å²) in [5, 5.41) is 5.95.